The van der Waals surface area contributed by atoms with Crippen molar-refractivity contribution in [1.29, 1.82) is 0 Å². The van der Waals surface area contributed by atoms with Crippen LogP contribution in [0.15, 0.2) is 24.3 Å². The van der Waals surface area contributed by atoms with Crippen molar-refractivity contribution >= 4 is 5.69 Å². The lowest BCUT2D eigenvalue weighted by atomic mass is 10.1. The summed E-state index contributed by atoms with van der Waals surface area (Å²) in [6.45, 7) is 4.26. The number of anilines is 1. The average Bonchev–Trinajstić information content (AvgIpc) is 2.20. The molecule has 0 amide bonds. The van der Waals surface area contributed by atoms with Gasteiger partial charge >= 0.3 is 0 Å². The molecule has 14 heavy (non-hydrogen) atoms. The second kappa shape index (κ2) is 5.63. The minimum Gasteiger partial charge on any atom is -0.380 e. The Morgan fingerprint density at radius 2 is 2.00 bits per heavy atom. The first-order valence-electron chi connectivity index (χ1n) is 5.29. The molecule has 1 aromatic rings. The molecule has 1 rings (SSSR count). The molecule has 2 heteroatoms. The standard InChI is InChI=1S/C12H18FN/c1-3-7-10(4-2)14-12-9-6-5-8-11(12)13/h5-6,8-10,14H,3-4,7H2,1-2H3. The van der Waals surface area contributed by atoms with E-state index in [9.17, 15) is 4.39 Å². The van der Waals surface area contributed by atoms with E-state index in [0.29, 0.717) is 11.7 Å². The predicted molar refractivity (Wildman–Crippen MR) is 59.0 cm³/mol. The van der Waals surface area contributed by atoms with Crippen LogP contribution < -0.4 is 5.32 Å². The molecule has 78 valence electrons. The van der Waals surface area contributed by atoms with Crippen LogP contribution in [0.2, 0.25) is 0 Å². The van der Waals surface area contributed by atoms with Gasteiger partial charge in [-0.25, -0.2) is 4.39 Å². The summed E-state index contributed by atoms with van der Waals surface area (Å²) in [4.78, 5) is 0. The molecule has 0 saturated carbocycles. The highest BCUT2D eigenvalue weighted by molar-refractivity contribution is 5.45. The molecule has 1 N–H and O–H groups in total. The van der Waals surface area contributed by atoms with E-state index in [-0.39, 0.29) is 5.82 Å². The number of halogens is 1. The van der Waals surface area contributed by atoms with Gasteiger partial charge in [-0.3, -0.25) is 0 Å². The number of rotatable bonds is 5. The molecular weight excluding hydrogens is 177 g/mol. The summed E-state index contributed by atoms with van der Waals surface area (Å²) < 4.78 is 13.3. The van der Waals surface area contributed by atoms with Gasteiger partial charge in [-0.05, 0) is 25.0 Å². The largest absolute Gasteiger partial charge is 0.380 e. The first kappa shape index (κ1) is 11.0. The fourth-order valence-electron chi connectivity index (χ4n) is 1.52. The monoisotopic (exact) mass is 195 g/mol. The lowest BCUT2D eigenvalue weighted by molar-refractivity contribution is 0.599. The number of para-hydroxylation sites is 1. The van der Waals surface area contributed by atoms with Gasteiger partial charge in [0.05, 0.1) is 5.69 Å². The van der Waals surface area contributed by atoms with Crippen molar-refractivity contribution in [3.63, 3.8) is 0 Å². The van der Waals surface area contributed by atoms with Gasteiger partial charge < -0.3 is 5.32 Å². The summed E-state index contributed by atoms with van der Waals surface area (Å²) in [5.41, 5.74) is 0.618. The zero-order chi connectivity index (χ0) is 10.4. The first-order chi connectivity index (χ1) is 6.77. The van der Waals surface area contributed by atoms with Crippen molar-refractivity contribution in [3.8, 4) is 0 Å². The Bertz CT molecular complexity index is 273. The van der Waals surface area contributed by atoms with Crippen LogP contribution in [0.1, 0.15) is 33.1 Å². The molecule has 1 atom stereocenters. The van der Waals surface area contributed by atoms with Crippen molar-refractivity contribution in [2.24, 2.45) is 0 Å². The van der Waals surface area contributed by atoms with Crippen LogP contribution in [0.3, 0.4) is 0 Å². The van der Waals surface area contributed by atoms with E-state index in [1.54, 1.807) is 12.1 Å². The van der Waals surface area contributed by atoms with Gasteiger partial charge in [-0.1, -0.05) is 32.4 Å². The SMILES string of the molecule is CCCC(CC)Nc1ccccc1F. The van der Waals surface area contributed by atoms with Gasteiger partial charge in [0.2, 0.25) is 0 Å². The summed E-state index contributed by atoms with van der Waals surface area (Å²) in [5, 5.41) is 3.22. The lowest BCUT2D eigenvalue weighted by Gasteiger charge is -2.17. The quantitative estimate of drug-likeness (QED) is 0.753. The second-order valence-corrected chi connectivity index (χ2v) is 3.52. The fourth-order valence-corrected chi connectivity index (χ4v) is 1.52. The Balaban J connectivity index is 2.62. The molecule has 1 unspecified atom stereocenters. The van der Waals surface area contributed by atoms with E-state index in [0.717, 1.165) is 19.3 Å². The highest BCUT2D eigenvalue weighted by atomic mass is 19.1. The van der Waals surface area contributed by atoms with E-state index in [2.05, 4.69) is 19.2 Å². The Morgan fingerprint density at radius 1 is 1.29 bits per heavy atom. The van der Waals surface area contributed by atoms with Gasteiger partial charge in [0.25, 0.3) is 0 Å². The Labute approximate surface area is 85.3 Å². The molecule has 0 aromatic heterocycles. The smallest absolute Gasteiger partial charge is 0.146 e. The predicted octanol–water partition coefficient (Wildman–Crippen LogP) is 3.82. The van der Waals surface area contributed by atoms with Crippen LogP contribution in [0, 0.1) is 5.82 Å². The Hall–Kier alpha value is -1.05. The van der Waals surface area contributed by atoms with Crippen LogP contribution in [0.25, 0.3) is 0 Å². The lowest BCUT2D eigenvalue weighted by Crippen LogP contribution is -2.18. The molecule has 0 aliphatic carbocycles. The third-order valence-corrected chi connectivity index (χ3v) is 2.36. The van der Waals surface area contributed by atoms with Gasteiger partial charge in [0, 0.05) is 6.04 Å². The summed E-state index contributed by atoms with van der Waals surface area (Å²) in [5.74, 6) is -0.165. The maximum Gasteiger partial charge on any atom is 0.146 e. The highest BCUT2D eigenvalue weighted by Gasteiger charge is 2.06. The van der Waals surface area contributed by atoms with Crippen LogP contribution in [-0.4, -0.2) is 6.04 Å². The van der Waals surface area contributed by atoms with Crippen molar-refractivity contribution in [2.45, 2.75) is 39.2 Å². The van der Waals surface area contributed by atoms with Crippen molar-refractivity contribution in [1.82, 2.24) is 0 Å². The van der Waals surface area contributed by atoms with Crippen molar-refractivity contribution in [2.75, 3.05) is 5.32 Å². The summed E-state index contributed by atoms with van der Waals surface area (Å²) in [7, 11) is 0. The summed E-state index contributed by atoms with van der Waals surface area (Å²) in [6.07, 6.45) is 3.24. The number of benzene rings is 1. The zero-order valence-corrected chi connectivity index (χ0v) is 8.89. The normalized spacial score (nSPS) is 12.5. The van der Waals surface area contributed by atoms with E-state index in [1.807, 2.05) is 6.07 Å². The molecule has 1 aromatic carbocycles. The zero-order valence-electron chi connectivity index (χ0n) is 8.89. The van der Waals surface area contributed by atoms with Gasteiger partial charge in [0.15, 0.2) is 0 Å². The molecule has 1 nitrogen and oxygen atoms in total. The van der Waals surface area contributed by atoms with Crippen LogP contribution in [0.4, 0.5) is 10.1 Å². The molecule has 0 radical (unpaired) electrons. The maximum absolute atomic E-state index is 13.3. The third-order valence-electron chi connectivity index (χ3n) is 2.36. The molecule has 0 saturated heterocycles. The maximum atomic E-state index is 13.3. The average molecular weight is 195 g/mol. The second-order valence-electron chi connectivity index (χ2n) is 3.52. The fraction of sp³-hybridized carbons (Fsp3) is 0.500. The first-order valence-corrected chi connectivity index (χ1v) is 5.29. The van der Waals surface area contributed by atoms with E-state index in [1.165, 1.54) is 6.07 Å². The molecule has 0 aliphatic heterocycles. The van der Waals surface area contributed by atoms with E-state index < -0.39 is 0 Å². The van der Waals surface area contributed by atoms with Crippen molar-refractivity contribution in [3.05, 3.63) is 30.1 Å². The van der Waals surface area contributed by atoms with E-state index in [4.69, 9.17) is 0 Å². The molecular formula is C12H18FN. The molecule has 0 aliphatic rings. The Kier molecular flexibility index (Phi) is 4.44. The van der Waals surface area contributed by atoms with Crippen molar-refractivity contribution < 1.29 is 4.39 Å². The summed E-state index contributed by atoms with van der Waals surface area (Å²) >= 11 is 0. The van der Waals surface area contributed by atoms with Crippen LogP contribution in [0.5, 0.6) is 0 Å². The van der Waals surface area contributed by atoms with Gasteiger partial charge in [-0.15, -0.1) is 0 Å². The highest BCUT2D eigenvalue weighted by Crippen LogP contribution is 2.16. The number of hydrogen-bond donors (Lipinski definition) is 1. The van der Waals surface area contributed by atoms with Crippen LogP contribution >= 0.6 is 0 Å². The Morgan fingerprint density at radius 3 is 2.57 bits per heavy atom. The number of hydrogen-bond acceptors (Lipinski definition) is 1. The minimum absolute atomic E-state index is 0.165. The number of nitrogens with one attached hydrogen (secondary N) is 1. The third kappa shape index (κ3) is 3.02. The molecule has 0 fully saturated rings. The summed E-state index contributed by atoms with van der Waals surface area (Å²) in [6, 6.07) is 7.22. The van der Waals surface area contributed by atoms with Gasteiger partial charge in [0.1, 0.15) is 5.82 Å². The molecule has 0 spiro atoms. The van der Waals surface area contributed by atoms with E-state index >= 15 is 0 Å². The molecule has 0 bridgehead atoms. The van der Waals surface area contributed by atoms with Gasteiger partial charge in [-0.2, -0.15) is 0 Å². The van der Waals surface area contributed by atoms with Crippen LogP contribution in [-0.2, 0) is 0 Å². The topological polar surface area (TPSA) is 12.0 Å². The minimum atomic E-state index is -0.165. The molecule has 0 heterocycles.